The van der Waals surface area contributed by atoms with Crippen molar-refractivity contribution in [3.8, 4) is 0 Å². The average Bonchev–Trinajstić information content (AvgIpc) is 3.35. The fourth-order valence-corrected chi connectivity index (χ4v) is 4.08. The Bertz CT molecular complexity index is 733. The van der Waals surface area contributed by atoms with Gasteiger partial charge in [-0.2, -0.15) is 0 Å². The zero-order valence-corrected chi connectivity index (χ0v) is 18.4. The topological polar surface area (TPSA) is 39.7 Å². The normalized spacial score (nSPS) is 16.0. The first-order valence-corrected chi connectivity index (χ1v) is 9.71. The number of halogens is 3. The average molecular weight is 506 g/mol. The lowest BCUT2D eigenvalue weighted by Gasteiger charge is -2.27. The highest BCUT2D eigenvalue weighted by Crippen LogP contribution is 2.27. The highest BCUT2D eigenvalue weighted by atomic mass is 127. The summed E-state index contributed by atoms with van der Waals surface area (Å²) in [4.78, 5) is 8.01. The number of nitrogens with zero attached hydrogens (tertiary/aromatic N) is 2. The van der Waals surface area contributed by atoms with Crippen LogP contribution in [0, 0.1) is 11.6 Å². The first kappa shape index (κ1) is 22.0. The zero-order chi connectivity index (χ0) is 18.4. The summed E-state index contributed by atoms with van der Waals surface area (Å²) in [5, 5.41) is 8.48. The molecule has 0 aliphatic carbocycles. The molecule has 0 radical (unpaired) electrons. The minimum atomic E-state index is -0.446. The maximum absolute atomic E-state index is 13.8. The Balaban J connectivity index is 0.00000261. The lowest BCUT2D eigenvalue weighted by Crippen LogP contribution is -2.42. The van der Waals surface area contributed by atoms with Crippen LogP contribution in [0.5, 0.6) is 0 Å². The van der Waals surface area contributed by atoms with E-state index in [-0.39, 0.29) is 36.1 Å². The van der Waals surface area contributed by atoms with Crippen molar-refractivity contribution in [1.82, 2.24) is 15.5 Å². The summed E-state index contributed by atoms with van der Waals surface area (Å²) in [6, 6.07) is 7.99. The van der Waals surface area contributed by atoms with E-state index in [1.807, 2.05) is 0 Å². The Morgan fingerprint density at radius 2 is 2.00 bits per heavy atom. The number of benzene rings is 1. The number of rotatable bonds is 6. The Labute approximate surface area is 180 Å². The van der Waals surface area contributed by atoms with Crippen LogP contribution in [0.25, 0.3) is 0 Å². The molecule has 0 bridgehead atoms. The Hall–Kier alpha value is -1.26. The first-order valence-electron chi connectivity index (χ1n) is 8.83. The summed E-state index contributed by atoms with van der Waals surface area (Å²) >= 11 is 1.76. The second-order valence-corrected chi connectivity index (χ2v) is 7.30. The van der Waals surface area contributed by atoms with Gasteiger partial charge in [-0.05, 0) is 55.6 Å². The standard InChI is InChI=1S/C19H24F2N4S.HI/c1-22-19(23-12-14-11-15(20)6-7-16(14)21)24-13-17(18-5-4-10-26-18)25-8-2-3-9-25;/h4-7,10-11,17H,2-3,8-9,12-13H2,1H3,(H2,22,23,24);1H. The van der Waals surface area contributed by atoms with E-state index >= 15 is 0 Å². The second-order valence-electron chi connectivity index (χ2n) is 6.32. The molecule has 2 aromatic rings. The van der Waals surface area contributed by atoms with Gasteiger partial charge in [0.05, 0.1) is 6.04 Å². The van der Waals surface area contributed by atoms with E-state index in [0.717, 1.165) is 25.2 Å². The van der Waals surface area contributed by atoms with Crippen LogP contribution in [-0.4, -0.2) is 37.5 Å². The van der Waals surface area contributed by atoms with Gasteiger partial charge in [-0.25, -0.2) is 8.78 Å². The molecule has 1 saturated heterocycles. The molecule has 1 aromatic heterocycles. The van der Waals surface area contributed by atoms with E-state index < -0.39 is 11.6 Å². The summed E-state index contributed by atoms with van der Waals surface area (Å²) in [6.45, 7) is 3.10. The Morgan fingerprint density at radius 3 is 2.67 bits per heavy atom. The monoisotopic (exact) mass is 506 g/mol. The number of thiophene rings is 1. The van der Waals surface area contributed by atoms with E-state index in [9.17, 15) is 8.78 Å². The molecule has 1 aromatic carbocycles. The smallest absolute Gasteiger partial charge is 0.191 e. The van der Waals surface area contributed by atoms with E-state index in [0.29, 0.717) is 18.5 Å². The third-order valence-corrected chi connectivity index (χ3v) is 5.57. The number of aliphatic imine (C=N–C) groups is 1. The van der Waals surface area contributed by atoms with Gasteiger partial charge in [0.1, 0.15) is 11.6 Å². The first-order chi connectivity index (χ1) is 12.7. The minimum Gasteiger partial charge on any atom is -0.354 e. The van der Waals surface area contributed by atoms with Gasteiger partial charge in [-0.1, -0.05) is 6.07 Å². The van der Waals surface area contributed by atoms with Crippen LogP contribution in [0.2, 0.25) is 0 Å². The maximum atomic E-state index is 13.8. The predicted octanol–water partition coefficient (Wildman–Crippen LogP) is 4.15. The summed E-state index contributed by atoms with van der Waals surface area (Å²) in [6.07, 6.45) is 2.46. The molecule has 2 N–H and O–H groups in total. The molecule has 8 heteroatoms. The fourth-order valence-electron chi connectivity index (χ4n) is 3.22. The van der Waals surface area contributed by atoms with E-state index in [2.05, 4.69) is 38.0 Å². The highest BCUT2D eigenvalue weighted by Gasteiger charge is 2.24. The third-order valence-electron chi connectivity index (χ3n) is 4.59. The number of guanidine groups is 1. The van der Waals surface area contributed by atoms with Gasteiger partial charge in [-0.3, -0.25) is 9.89 Å². The van der Waals surface area contributed by atoms with Crippen molar-refractivity contribution in [3.63, 3.8) is 0 Å². The number of hydrogen-bond donors (Lipinski definition) is 2. The summed E-state index contributed by atoms with van der Waals surface area (Å²) in [5.41, 5.74) is 0.280. The highest BCUT2D eigenvalue weighted by molar-refractivity contribution is 14.0. The molecule has 148 valence electrons. The summed E-state index contributed by atoms with van der Waals surface area (Å²) < 4.78 is 27.0. The minimum absolute atomic E-state index is 0. The number of hydrogen-bond acceptors (Lipinski definition) is 3. The van der Waals surface area contributed by atoms with Crippen molar-refractivity contribution in [3.05, 3.63) is 57.8 Å². The number of likely N-dealkylation sites (tertiary alicyclic amines) is 1. The van der Waals surface area contributed by atoms with Gasteiger partial charge in [-0.15, -0.1) is 35.3 Å². The number of nitrogens with one attached hydrogen (secondary N) is 2. The molecule has 1 unspecified atom stereocenters. The van der Waals surface area contributed by atoms with Gasteiger partial charge in [0.25, 0.3) is 0 Å². The van der Waals surface area contributed by atoms with Crippen molar-refractivity contribution >= 4 is 41.3 Å². The van der Waals surface area contributed by atoms with Crippen LogP contribution in [0.15, 0.2) is 40.7 Å². The molecule has 3 rings (SSSR count). The third kappa shape index (κ3) is 6.11. The Kier molecular flexibility index (Phi) is 8.91. The molecule has 1 atom stereocenters. The molecule has 0 spiro atoms. The molecular formula is C19H25F2IN4S. The zero-order valence-electron chi connectivity index (χ0n) is 15.3. The van der Waals surface area contributed by atoms with Crippen molar-refractivity contribution in [2.24, 2.45) is 4.99 Å². The van der Waals surface area contributed by atoms with Gasteiger partial charge in [0.2, 0.25) is 0 Å². The van der Waals surface area contributed by atoms with Gasteiger partial charge >= 0.3 is 0 Å². The van der Waals surface area contributed by atoms with Crippen molar-refractivity contribution in [1.29, 1.82) is 0 Å². The van der Waals surface area contributed by atoms with Crippen LogP contribution in [0.4, 0.5) is 8.78 Å². The summed E-state index contributed by atoms with van der Waals surface area (Å²) in [7, 11) is 1.67. The lowest BCUT2D eigenvalue weighted by atomic mass is 10.2. The molecule has 1 aliphatic rings. The molecule has 2 heterocycles. The molecule has 27 heavy (non-hydrogen) atoms. The van der Waals surface area contributed by atoms with Crippen LogP contribution in [0.1, 0.15) is 29.3 Å². The molecule has 1 fully saturated rings. The van der Waals surface area contributed by atoms with Crippen molar-refractivity contribution in [2.75, 3.05) is 26.7 Å². The van der Waals surface area contributed by atoms with Gasteiger partial charge < -0.3 is 10.6 Å². The predicted molar refractivity (Wildman–Crippen MR) is 118 cm³/mol. The summed E-state index contributed by atoms with van der Waals surface area (Å²) in [5.74, 6) is -0.296. The van der Waals surface area contributed by atoms with Crippen LogP contribution in [0.3, 0.4) is 0 Å². The van der Waals surface area contributed by atoms with Gasteiger partial charge in [0.15, 0.2) is 5.96 Å². The van der Waals surface area contributed by atoms with Crippen LogP contribution in [-0.2, 0) is 6.54 Å². The molecule has 0 saturated carbocycles. The van der Waals surface area contributed by atoms with Gasteiger partial charge in [0, 0.05) is 30.6 Å². The van der Waals surface area contributed by atoms with Crippen LogP contribution >= 0.6 is 35.3 Å². The largest absolute Gasteiger partial charge is 0.354 e. The van der Waals surface area contributed by atoms with E-state index in [1.165, 1.54) is 23.8 Å². The maximum Gasteiger partial charge on any atom is 0.191 e. The van der Waals surface area contributed by atoms with Crippen molar-refractivity contribution in [2.45, 2.75) is 25.4 Å². The molecule has 1 aliphatic heterocycles. The molecular weight excluding hydrogens is 481 g/mol. The fraction of sp³-hybridized carbons (Fsp3) is 0.421. The van der Waals surface area contributed by atoms with Crippen LogP contribution < -0.4 is 10.6 Å². The van der Waals surface area contributed by atoms with E-state index in [1.54, 1.807) is 18.4 Å². The SMILES string of the molecule is CN=C(NCc1cc(F)ccc1F)NCC(c1cccs1)N1CCCC1.I. The second kappa shape index (κ2) is 10.9. The molecule has 4 nitrogen and oxygen atoms in total. The quantitative estimate of drug-likeness (QED) is 0.352. The van der Waals surface area contributed by atoms with Crippen molar-refractivity contribution < 1.29 is 8.78 Å². The Morgan fingerprint density at radius 1 is 1.22 bits per heavy atom. The van der Waals surface area contributed by atoms with E-state index in [4.69, 9.17) is 0 Å². The molecule has 0 amide bonds. The lowest BCUT2D eigenvalue weighted by molar-refractivity contribution is 0.249.